The van der Waals surface area contributed by atoms with E-state index < -0.39 is 6.10 Å². The lowest BCUT2D eigenvalue weighted by atomic mass is 10.1. The Morgan fingerprint density at radius 1 is 1.24 bits per heavy atom. The molecule has 3 nitrogen and oxygen atoms in total. The van der Waals surface area contributed by atoms with Crippen LogP contribution in [0.1, 0.15) is 24.4 Å². The number of anilines is 1. The molecule has 0 saturated heterocycles. The number of hydrogen-bond acceptors (Lipinski definition) is 3. The lowest BCUT2D eigenvalue weighted by Gasteiger charge is -2.22. The summed E-state index contributed by atoms with van der Waals surface area (Å²) in [5.41, 5.74) is 1.96. The summed E-state index contributed by atoms with van der Waals surface area (Å²) in [6.07, 6.45) is 1.20. The fourth-order valence-electron chi connectivity index (χ4n) is 1.91. The maximum atomic E-state index is 9.73. The van der Waals surface area contributed by atoms with Gasteiger partial charge < -0.3 is 14.4 Å². The Labute approximate surface area is 101 Å². The van der Waals surface area contributed by atoms with Gasteiger partial charge in [0.2, 0.25) is 0 Å². The number of furan rings is 1. The Balaban J connectivity index is 2.21. The van der Waals surface area contributed by atoms with Gasteiger partial charge in [-0.2, -0.15) is 0 Å². The Hall–Kier alpha value is -1.74. The van der Waals surface area contributed by atoms with E-state index in [1.165, 1.54) is 0 Å². The number of hydrogen-bond donors (Lipinski definition) is 1. The lowest BCUT2D eigenvalue weighted by molar-refractivity contribution is 0.199. The van der Waals surface area contributed by atoms with Gasteiger partial charge in [-0.15, -0.1) is 0 Å². The van der Waals surface area contributed by atoms with Crippen LogP contribution in [0.2, 0.25) is 0 Å². The summed E-state index contributed by atoms with van der Waals surface area (Å²) in [7, 11) is 1.99. The molecular weight excluding hydrogens is 214 g/mol. The van der Waals surface area contributed by atoms with E-state index in [1.807, 2.05) is 43.4 Å². The van der Waals surface area contributed by atoms with Crippen molar-refractivity contribution in [3.05, 3.63) is 54.0 Å². The monoisotopic (exact) mass is 231 g/mol. The first-order valence-electron chi connectivity index (χ1n) is 5.69. The molecule has 1 aromatic heterocycles. The molecule has 2 aromatic rings. The molecule has 0 saturated carbocycles. The largest absolute Gasteiger partial charge is 0.467 e. The van der Waals surface area contributed by atoms with Crippen molar-refractivity contribution in [3.63, 3.8) is 0 Å². The second-order valence-corrected chi connectivity index (χ2v) is 4.17. The first-order chi connectivity index (χ1) is 8.18. The normalized spacial score (nSPS) is 12.4. The maximum absolute atomic E-state index is 9.73. The van der Waals surface area contributed by atoms with Crippen LogP contribution in [-0.2, 0) is 6.54 Å². The van der Waals surface area contributed by atoms with E-state index in [4.69, 9.17) is 4.42 Å². The molecular formula is C14H17NO2. The van der Waals surface area contributed by atoms with Gasteiger partial charge in [-0.3, -0.25) is 0 Å². The summed E-state index contributed by atoms with van der Waals surface area (Å²) in [5.74, 6) is 0.910. The van der Waals surface area contributed by atoms with Gasteiger partial charge in [-0.25, -0.2) is 0 Å². The average molecular weight is 231 g/mol. The molecule has 0 spiro atoms. The molecule has 0 aliphatic heterocycles. The molecule has 1 N–H and O–H groups in total. The highest BCUT2D eigenvalue weighted by Gasteiger charge is 2.11. The minimum absolute atomic E-state index is 0.467. The molecule has 0 unspecified atom stereocenters. The third-order valence-electron chi connectivity index (χ3n) is 2.77. The van der Waals surface area contributed by atoms with Crippen molar-refractivity contribution >= 4 is 5.69 Å². The molecule has 1 heterocycles. The number of rotatable bonds is 4. The first-order valence-corrected chi connectivity index (χ1v) is 5.69. The van der Waals surface area contributed by atoms with E-state index in [0.717, 1.165) is 17.0 Å². The van der Waals surface area contributed by atoms with Gasteiger partial charge in [0.15, 0.2) is 0 Å². The number of benzene rings is 1. The van der Waals surface area contributed by atoms with E-state index in [2.05, 4.69) is 4.90 Å². The molecule has 1 atom stereocenters. The fraction of sp³-hybridized carbons (Fsp3) is 0.286. The van der Waals surface area contributed by atoms with Crippen LogP contribution in [0.5, 0.6) is 0 Å². The van der Waals surface area contributed by atoms with Gasteiger partial charge in [0.05, 0.1) is 18.9 Å². The van der Waals surface area contributed by atoms with Crippen LogP contribution in [0.15, 0.2) is 47.1 Å². The van der Waals surface area contributed by atoms with Gasteiger partial charge in [0.25, 0.3) is 0 Å². The zero-order chi connectivity index (χ0) is 12.3. The van der Waals surface area contributed by atoms with Gasteiger partial charge >= 0.3 is 0 Å². The highest BCUT2D eigenvalue weighted by Crippen LogP contribution is 2.26. The van der Waals surface area contributed by atoms with Crippen molar-refractivity contribution in [2.45, 2.75) is 19.6 Å². The first kappa shape index (κ1) is 11.7. The van der Waals surface area contributed by atoms with Crippen molar-refractivity contribution in [1.82, 2.24) is 0 Å². The summed E-state index contributed by atoms with van der Waals surface area (Å²) in [4.78, 5) is 2.07. The highest BCUT2D eigenvalue weighted by molar-refractivity contribution is 5.53. The fourth-order valence-corrected chi connectivity index (χ4v) is 1.91. The van der Waals surface area contributed by atoms with Crippen LogP contribution >= 0.6 is 0 Å². The molecule has 90 valence electrons. The van der Waals surface area contributed by atoms with Crippen LogP contribution in [0, 0.1) is 0 Å². The smallest absolute Gasteiger partial charge is 0.123 e. The summed E-state index contributed by atoms with van der Waals surface area (Å²) in [6.45, 7) is 2.47. The molecule has 0 bridgehead atoms. The number of aliphatic hydroxyl groups is 1. The topological polar surface area (TPSA) is 36.6 Å². The van der Waals surface area contributed by atoms with E-state index in [-0.39, 0.29) is 0 Å². The van der Waals surface area contributed by atoms with Crippen LogP contribution in [0.3, 0.4) is 0 Å². The Morgan fingerprint density at radius 2 is 2.00 bits per heavy atom. The molecule has 0 fully saturated rings. The molecule has 3 heteroatoms. The Kier molecular flexibility index (Phi) is 3.49. The second kappa shape index (κ2) is 5.06. The quantitative estimate of drug-likeness (QED) is 0.878. The van der Waals surface area contributed by atoms with Gasteiger partial charge in [0.1, 0.15) is 5.76 Å². The predicted molar refractivity (Wildman–Crippen MR) is 67.9 cm³/mol. The van der Waals surface area contributed by atoms with Crippen molar-refractivity contribution in [2.75, 3.05) is 11.9 Å². The van der Waals surface area contributed by atoms with Crippen molar-refractivity contribution in [1.29, 1.82) is 0 Å². The van der Waals surface area contributed by atoms with Gasteiger partial charge in [-0.1, -0.05) is 18.2 Å². The average Bonchev–Trinajstić information content (AvgIpc) is 2.81. The number of nitrogens with zero attached hydrogens (tertiary/aromatic N) is 1. The molecule has 0 radical (unpaired) electrons. The molecule has 1 aromatic carbocycles. The number of aliphatic hydroxyl groups excluding tert-OH is 1. The summed E-state index contributed by atoms with van der Waals surface area (Å²) < 4.78 is 5.32. The van der Waals surface area contributed by atoms with Crippen LogP contribution < -0.4 is 4.90 Å². The zero-order valence-corrected chi connectivity index (χ0v) is 10.1. The third-order valence-corrected chi connectivity index (χ3v) is 2.77. The van der Waals surface area contributed by atoms with Gasteiger partial charge in [0, 0.05) is 18.3 Å². The van der Waals surface area contributed by atoms with Crippen molar-refractivity contribution in [2.24, 2.45) is 0 Å². The molecule has 0 aliphatic carbocycles. The highest BCUT2D eigenvalue weighted by atomic mass is 16.3. The van der Waals surface area contributed by atoms with Crippen molar-refractivity contribution < 1.29 is 9.52 Å². The van der Waals surface area contributed by atoms with E-state index in [9.17, 15) is 5.11 Å². The molecule has 0 amide bonds. The second-order valence-electron chi connectivity index (χ2n) is 4.17. The third kappa shape index (κ3) is 2.68. The Bertz CT molecular complexity index is 463. The van der Waals surface area contributed by atoms with Crippen LogP contribution in [0.4, 0.5) is 5.69 Å². The molecule has 2 rings (SSSR count). The molecule has 17 heavy (non-hydrogen) atoms. The summed E-state index contributed by atoms with van der Waals surface area (Å²) in [5, 5.41) is 9.73. The van der Waals surface area contributed by atoms with Crippen LogP contribution in [-0.4, -0.2) is 12.2 Å². The summed E-state index contributed by atoms with van der Waals surface area (Å²) >= 11 is 0. The zero-order valence-electron chi connectivity index (χ0n) is 10.1. The molecule has 0 aliphatic rings. The van der Waals surface area contributed by atoms with E-state index >= 15 is 0 Å². The van der Waals surface area contributed by atoms with Crippen molar-refractivity contribution in [3.8, 4) is 0 Å². The lowest BCUT2D eigenvalue weighted by Crippen LogP contribution is -2.18. The SMILES string of the molecule is C[C@H](O)c1ccccc1N(C)Cc1ccco1. The minimum atomic E-state index is -0.467. The van der Waals surface area contributed by atoms with Crippen LogP contribution in [0.25, 0.3) is 0 Å². The number of para-hydroxylation sites is 1. The summed E-state index contributed by atoms with van der Waals surface area (Å²) in [6, 6.07) is 11.7. The standard InChI is InChI=1S/C14H17NO2/c1-11(16)13-7-3-4-8-14(13)15(2)10-12-6-5-9-17-12/h3-9,11,16H,10H2,1-2H3/t11-/m0/s1. The Morgan fingerprint density at radius 3 is 2.65 bits per heavy atom. The van der Waals surface area contributed by atoms with E-state index in [0.29, 0.717) is 6.54 Å². The van der Waals surface area contributed by atoms with E-state index in [1.54, 1.807) is 13.2 Å². The van der Waals surface area contributed by atoms with Gasteiger partial charge in [-0.05, 0) is 25.1 Å². The minimum Gasteiger partial charge on any atom is -0.467 e. The maximum Gasteiger partial charge on any atom is 0.123 e. The predicted octanol–water partition coefficient (Wildman–Crippen LogP) is 2.97.